The molecule has 1 saturated carbocycles. The topological polar surface area (TPSA) is 70.9 Å². The van der Waals surface area contributed by atoms with Crippen molar-refractivity contribution in [1.82, 2.24) is 10.3 Å². The molecular formula is C18H23N3O. The van der Waals surface area contributed by atoms with E-state index in [0.29, 0.717) is 18.2 Å². The molecule has 4 N–H and O–H groups in total. The van der Waals surface area contributed by atoms with Crippen molar-refractivity contribution in [3.63, 3.8) is 0 Å². The summed E-state index contributed by atoms with van der Waals surface area (Å²) in [5.74, 6) is 0.369. The molecule has 2 aromatic rings. The van der Waals surface area contributed by atoms with Crippen molar-refractivity contribution in [2.75, 3.05) is 6.54 Å². The summed E-state index contributed by atoms with van der Waals surface area (Å²) in [4.78, 5) is 15.6. The van der Waals surface area contributed by atoms with Crippen LogP contribution in [0.15, 0.2) is 42.5 Å². The van der Waals surface area contributed by atoms with Crippen LogP contribution in [-0.4, -0.2) is 23.5 Å². The van der Waals surface area contributed by atoms with Gasteiger partial charge in [0.05, 0.1) is 0 Å². The zero-order chi connectivity index (χ0) is 15.4. The first-order valence-corrected chi connectivity index (χ1v) is 8.03. The molecule has 1 heterocycles. The molecule has 1 fully saturated rings. The van der Waals surface area contributed by atoms with E-state index >= 15 is 0 Å². The van der Waals surface area contributed by atoms with Gasteiger partial charge < -0.3 is 16.0 Å². The first-order valence-electron chi connectivity index (χ1n) is 8.03. The molecule has 0 radical (unpaired) electrons. The van der Waals surface area contributed by atoms with Crippen molar-refractivity contribution in [1.29, 1.82) is 0 Å². The van der Waals surface area contributed by atoms with Gasteiger partial charge in [0.2, 0.25) is 0 Å². The van der Waals surface area contributed by atoms with E-state index in [1.807, 2.05) is 42.5 Å². The average molecular weight is 297 g/mol. The number of H-pyrrole nitrogens is 1. The Hall–Kier alpha value is -2.07. The summed E-state index contributed by atoms with van der Waals surface area (Å²) in [5, 5.41) is 3.15. The normalized spacial score (nSPS) is 21.5. The number of amides is 1. The maximum absolute atomic E-state index is 12.4. The average Bonchev–Trinajstić information content (AvgIpc) is 3.06. The predicted molar refractivity (Wildman–Crippen MR) is 88.5 cm³/mol. The van der Waals surface area contributed by atoms with Crippen LogP contribution in [0.25, 0.3) is 11.3 Å². The minimum Gasteiger partial charge on any atom is -0.351 e. The second kappa shape index (κ2) is 6.79. The predicted octanol–water partition coefficient (Wildman–Crippen LogP) is 2.93. The Bertz CT molecular complexity index is 620. The molecule has 1 aliphatic carbocycles. The van der Waals surface area contributed by atoms with Crippen LogP contribution in [0.2, 0.25) is 0 Å². The number of aromatic amines is 1. The van der Waals surface area contributed by atoms with E-state index in [4.69, 9.17) is 5.73 Å². The smallest absolute Gasteiger partial charge is 0.267 e. The molecule has 0 saturated heterocycles. The van der Waals surface area contributed by atoms with Crippen molar-refractivity contribution in [2.45, 2.75) is 31.7 Å². The number of rotatable bonds is 4. The lowest BCUT2D eigenvalue weighted by molar-refractivity contribution is 0.0903. The Morgan fingerprint density at radius 3 is 2.68 bits per heavy atom. The van der Waals surface area contributed by atoms with E-state index < -0.39 is 0 Å². The van der Waals surface area contributed by atoms with Gasteiger partial charge in [-0.3, -0.25) is 4.79 Å². The Balaban J connectivity index is 1.69. The third kappa shape index (κ3) is 3.22. The number of hydrogen-bond donors (Lipinski definition) is 3. The van der Waals surface area contributed by atoms with E-state index in [0.717, 1.165) is 24.1 Å². The summed E-state index contributed by atoms with van der Waals surface area (Å²) in [7, 11) is 0. The lowest BCUT2D eigenvalue weighted by Gasteiger charge is -2.31. The van der Waals surface area contributed by atoms with Crippen molar-refractivity contribution >= 4 is 5.91 Å². The summed E-state index contributed by atoms with van der Waals surface area (Å²) < 4.78 is 0. The standard InChI is InChI=1S/C18H23N3O/c19-12-14-8-4-5-9-15(14)21-18(22)17-11-10-16(20-17)13-6-2-1-3-7-13/h1-3,6-7,10-11,14-15,20H,4-5,8-9,12,19H2,(H,21,22). The fraction of sp³-hybridized carbons (Fsp3) is 0.389. The molecule has 0 spiro atoms. The van der Waals surface area contributed by atoms with Gasteiger partial charge in [0, 0.05) is 11.7 Å². The first-order chi connectivity index (χ1) is 10.8. The van der Waals surface area contributed by atoms with Crippen LogP contribution >= 0.6 is 0 Å². The summed E-state index contributed by atoms with van der Waals surface area (Å²) >= 11 is 0. The van der Waals surface area contributed by atoms with E-state index in [1.54, 1.807) is 0 Å². The highest BCUT2D eigenvalue weighted by Gasteiger charge is 2.25. The Labute approximate surface area is 131 Å². The van der Waals surface area contributed by atoms with E-state index in [-0.39, 0.29) is 11.9 Å². The van der Waals surface area contributed by atoms with Gasteiger partial charge in [-0.2, -0.15) is 0 Å². The fourth-order valence-corrected chi connectivity index (χ4v) is 3.24. The molecule has 1 aromatic heterocycles. The SMILES string of the molecule is NCC1CCCCC1NC(=O)c1ccc(-c2ccccc2)[nH]1. The molecule has 22 heavy (non-hydrogen) atoms. The first kappa shape index (κ1) is 14.9. The Morgan fingerprint density at radius 1 is 1.14 bits per heavy atom. The summed E-state index contributed by atoms with van der Waals surface area (Å²) in [6, 6.07) is 14.0. The Kier molecular flexibility index (Phi) is 4.59. The maximum Gasteiger partial charge on any atom is 0.267 e. The van der Waals surface area contributed by atoms with Crippen LogP contribution in [0.1, 0.15) is 36.2 Å². The lowest BCUT2D eigenvalue weighted by atomic mass is 9.84. The summed E-state index contributed by atoms with van der Waals surface area (Å²) in [6.45, 7) is 0.644. The van der Waals surface area contributed by atoms with Gasteiger partial charge in [0.1, 0.15) is 5.69 Å². The van der Waals surface area contributed by atoms with Gasteiger partial charge >= 0.3 is 0 Å². The molecule has 1 aliphatic rings. The minimum atomic E-state index is -0.0347. The van der Waals surface area contributed by atoms with Crippen molar-refractivity contribution in [3.8, 4) is 11.3 Å². The number of benzene rings is 1. The number of nitrogens with one attached hydrogen (secondary N) is 2. The zero-order valence-electron chi connectivity index (χ0n) is 12.7. The fourth-order valence-electron chi connectivity index (χ4n) is 3.24. The quantitative estimate of drug-likeness (QED) is 0.812. The van der Waals surface area contributed by atoms with Crippen LogP contribution in [0.3, 0.4) is 0 Å². The van der Waals surface area contributed by atoms with Gasteiger partial charge in [-0.15, -0.1) is 0 Å². The minimum absolute atomic E-state index is 0.0347. The number of carbonyl (C=O) groups is 1. The van der Waals surface area contributed by atoms with Crippen molar-refractivity contribution in [3.05, 3.63) is 48.2 Å². The van der Waals surface area contributed by atoms with E-state index in [1.165, 1.54) is 12.8 Å². The van der Waals surface area contributed by atoms with Crippen LogP contribution in [0.5, 0.6) is 0 Å². The molecule has 4 nitrogen and oxygen atoms in total. The lowest BCUT2D eigenvalue weighted by Crippen LogP contribution is -2.44. The summed E-state index contributed by atoms with van der Waals surface area (Å²) in [6.07, 6.45) is 4.53. The second-order valence-corrected chi connectivity index (χ2v) is 6.01. The van der Waals surface area contributed by atoms with Crippen molar-refractivity contribution < 1.29 is 4.79 Å². The molecule has 1 aromatic carbocycles. The van der Waals surface area contributed by atoms with E-state index in [9.17, 15) is 4.79 Å². The van der Waals surface area contributed by atoms with E-state index in [2.05, 4.69) is 10.3 Å². The van der Waals surface area contributed by atoms with Crippen LogP contribution in [0.4, 0.5) is 0 Å². The number of nitrogens with two attached hydrogens (primary N) is 1. The molecule has 3 rings (SSSR count). The van der Waals surface area contributed by atoms with Gasteiger partial charge in [-0.1, -0.05) is 43.2 Å². The van der Waals surface area contributed by atoms with Crippen LogP contribution in [0, 0.1) is 5.92 Å². The van der Waals surface area contributed by atoms with Crippen molar-refractivity contribution in [2.24, 2.45) is 11.7 Å². The number of hydrogen-bond acceptors (Lipinski definition) is 2. The van der Waals surface area contributed by atoms with Crippen LogP contribution in [-0.2, 0) is 0 Å². The maximum atomic E-state index is 12.4. The van der Waals surface area contributed by atoms with Gasteiger partial charge in [-0.25, -0.2) is 0 Å². The second-order valence-electron chi connectivity index (χ2n) is 6.01. The monoisotopic (exact) mass is 297 g/mol. The van der Waals surface area contributed by atoms with Gasteiger partial charge in [0.15, 0.2) is 0 Å². The number of aromatic nitrogens is 1. The third-order valence-corrected chi connectivity index (χ3v) is 4.54. The number of carbonyl (C=O) groups excluding carboxylic acids is 1. The van der Waals surface area contributed by atoms with Gasteiger partial charge in [0.25, 0.3) is 5.91 Å². The largest absolute Gasteiger partial charge is 0.351 e. The third-order valence-electron chi connectivity index (χ3n) is 4.54. The molecule has 116 valence electrons. The summed E-state index contributed by atoms with van der Waals surface area (Å²) in [5.41, 5.74) is 8.49. The van der Waals surface area contributed by atoms with Crippen LogP contribution < -0.4 is 11.1 Å². The highest BCUT2D eigenvalue weighted by atomic mass is 16.1. The highest BCUT2D eigenvalue weighted by molar-refractivity contribution is 5.93. The molecule has 1 amide bonds. The molecule has 0 aliphatic heterocycles. The molecule has 2 atom stereocenters. The highest BCUT2D eigenvalue weighted by Crippen LogP contribution is 2.24. The van der Waals surface area contributed by atoms with Gasteiger partial charge in [-0.05, 0) is 43.0 Å². The molecule has 2 unspecified atom stereocenters. The molecule has 4 heteroatoms. The molecule has 0 bridgehead atoms. The Morgan fingerprint density at radius 2 is 1.91 bits per heavy atom. The zero-order valence-corrected chi connectivity index (χ0v) is 12.7. The molecular weight excluding hydrogens is 274 g/mol.